The van der Waals surface area contributed by atoms with Crippen LogP contribution in [0.5, 0.6) is 0 Å². The number of aromatic nitrogens is 2. The minimum Gasteiger partial charge on any atom is -0.329 e. The lowest BCUT2D eigenvalue weighted by Crippen LogP contribution is -2.35. The molecule has 1 atom stereocenters. The summed E-state index contributed by atoms with van der Waals surface area (Å²) in [4.78, 5) is 2.23. The molecule has 2 rings (SSSR count). The largest absolute Gasteiger partial charge is 0.329 e. The summed E-state index contributed by atoms with van der Waals surface area (Å²) in [7, 11) is 2.08. The fourth-order valence-corrected chi connectivity index (χ4v) is 1.84. The van der Waals surface area contributed by atoms with Gasteiger partial charge in [-0.3, -0.25) is 4.90 Å². The number of nitrogens with zero attached hydrogens (tertiary/aromatic N) is 3. The molecule has 0 aliphatic heterocycles. The van der Waals surface area contributed by atoms with Gasteiger partial charge in [-0.25, -0.2) is 4.68 Å². The number of hydrogen-bond acceptors (Lipinski definition) is 3. The van der Waals surface area contributed by atoms with Crippen molar-refractivity contribution in [2.75, 3.05) is 13.6 Å². The van der Waals surface area contributed by atoms with Gasteiger partial charge < -0.3 is 5.73 Å². The summed E-state index contributed by atoms with van der Waals surface area (Å²) in [6, 6.07) is 12.6. The van der Waals surface area contributed by atoms with Crippen LogP contribution in [-0.2, 0) is 6.54 Å². The van der Waals surface area contributed by atoms with Crippen LogP contribution < -0.4 is 5.73 Å². The van der Waals surface area contributed by atoms with E-state index in [4.69, 9.17) is 5.73 Å². The lowest BCUT2D eigenvalue weighted by atomic mass is 10.2. The van der Waals surface area contributed by atoms with E-state index in [2.05, 4.69) is 36.1 Å². The van der Waals surface area contributed by atoms with Crippen LogP contribution in [0.1, 0.15) is 12.6 Å². The minimum absolute atomic E-state index is 0. The number of benzene rings is 1. The number of rotatable bonds is 5. The number of nitrogens with two attached hydrogens (primary N) is 1. The van der Waals surface area contributed by atoms with E-state index in [0.717, 1.165) is 12.2 Å². The average molecular weight is 281 g/mol. The maximum atomic E-state index is 5.69. The summed E-state index contributed by atoms with van der Waals surface area (Å²) < 4.78 is 1.97. The Labute approximate surface area is 120 Å². The van der Waals surface area contributed by atoms with Gasteiger partial charge in [-0.2, -0.15) is 5.10 Å². The standard InChI is InChI=1S/C14H20N4.ClH/c1-12(10-15)17(2)11-14-8-9-16-18(14)13-6-4-3-5-7-13;/h3-9,12H,10-11,15H2,1-2H3;1H. The lowest BCUT2D eigenvalue weighted by Gasteiger charge is -2.23. The number of hydrogen-bond donors (Lipinski definition) is 1. The van der Waals surface area contributed by atoms with Crippen molar-refractivity contribution in [3.63, 3.8) is 0 Å². The molecule has 0 bridgehead atoms. The highest BCUT2D eigenvalue weighted by Crippen LogP contribution is 2.12. The highest BCUT2D eigenvalue weighted by molar-refractivity contribution is 5.85. The van der Waals surface area contributed by atoms with Gasteiger partial charge in [0.05, 0.1) is 11.4 Å². The van der Waals surface area contributed by atoms with Crippen molar-refractivity contribution in [1.29, 1.82) is 0 Å². The van der Waals surface area contributed by atoms with Crippen molar-refractivity contribution in [3.05, 3.63) is 48.3 Å². The minimum atomic E-state index is 0. The van der Waals surface area contributed by atoms with E-state index in [-0.39, 0.29) is 12.4 Å². The first-order chi connectivity index (χ1) is 8.72. The SMILES string of the molecule is CC(CN)N(C)Cc1ccnn1-c1ccccc1.Cl. The van der Waals surface area contributed by atoms with Gasteiger partial charge in [0.15, 0.2) is 0 Å². The molecule has 2 aromatic rings. The maximum Gasteiger partial charge on any atom is 0.0649 e. The van der Waals surface area contributed by atoms with Crippen molar-refractivity contribution < 1.29 is 0 Å². The van der Waals surface area contributed by atoms with Gasteiger partial charge in [0.1, 0.15) is 0 Å². The van der Waals surface area contributed by atoms with Crippen LogP contribution >= 0.6 is 12.4 Å². The van der Waals surface area contributed by atoms with Gasteiger partial charge in [0.25, 0.3) is 0 Å². The molecule has 0 saturated heterocycles. The molecule has 0 radical (unpaired) electrons. The first-order valence-electron chi connectivity index (χ1n) is 6.21. The molecular formula is C14H21ClN4. The molecule has 1 heterocycles. The second kappa shape index (κ2) is 7.28. The molecule has 1 unspecified atom stereocenters. The zero-order chi connectivity index (χ0) is 13.0. The third-order valence-corrected chi connectivity index (χ3v) is 3.23. The van der Waals surface area contributed by atoms with Crippen LogP contribution in [0.25, 0.3) is 5.69 Å². The van der Waals surface area contributed by atoms with E-state index >= 15 is 0 Å². The number of para-hydroxylation sites is 1. The Morgan fingerprint density at radius 1 is 1.26 bits per heavy atom. The lowest BCUT2D eigenvalue weighted by molar-refractivity contribution is 0.250. The Morgan fingerprint density at radius 3 is 2.58 bits per heavy atom. The average Bonchev–Trinajstić information content (AvgIpc) is 2.86. The number of likely N-dealkylation sites (N-methyl/N-ethyl adjacent to an activating group) is 1. The Kier molecular flexibility index (Phi) is 6.02. The summed E-state index contributed by atoms with van der Waals surface area (Å²) in [5, 5.41) is 4.38. The van der Waals surface area contributed by atoms with E-state index in [9.17, 15) is 0 Å². The van der Waals surface area contributed by atoms with Crippen LogP contribution in [0.2, 0.25) is 0 Å². The zero-order valence-corrected chi connectivity index (χ0v) is 12.2. The van der Waals surface area contributed by atoms with E-state index < -0.39 is 0 Å². The first kappa shape index (κ1) is 15.7. The smallest absolute Gasteiger partial charge is 0.0649 e. The monoisotopic (exact) mass is 280 g/mol. The topological polar surface area (TPSA) is 47.1 Å². The Morgan fingerprint density at radius 2 is 1.95 bits per heavy atom. The summed E-state index contributed by atoms with van der Waals surface area (Å²) in [5.74, 6) is 0. The molecule has 1 aromatic heterocycles. The molecule has 0 aliphatic carbocycles. The van der Waals surface area contributed by atoms with Gasteiger partial charge in [-0.05, 0) is 32.2 Å². The molecular weight excluding hydrogens is 260 g/mol. The molecule has 0 fully saturated rings. The summed E-state index contributed by atoms with van der Waals surface area (Å²) in [6.45, 7) is 3.63. The van der Waals surface area contributed by atoms with Crippen LogP contribution in [-0.4, -0.2) is 34.3 Å². The van der Waals surface area contributed by atoms with Crippen LogP contribution in [0, 0.1) is 0 Å². The van der Waals surface area contributed by atoms with Crippen molar-refractivity contribution in [2.45, 2.75) is 19.5 Å². The van der Waals surface area contributed by atoms with Crippen molar-refractivity contribution in [2.24, 2.45) is 5.73 Å². The summed E-state index contributed by atoms with van der Waals surface area (Å²) >= 11 is 0. The molecule has 19 heavy (non-hydrogen) atoms. The van der Waals surface area contributed by atoms with Crippen molar-refractivity contribution in [3.8, 4) is 5.69 Å². The zero-order valence-electron chi connectivity index (χ0n) is 11.4. The Bertz CT molecular complexity index is 483. The highest BCUT2D eigenvalue weighted by Gasteiger charge is 2.11. The molecule has 0 aliphatic rings. The molecule has 5 heteroatoms. The van der Waals surface area contributed by atoms with E-state index in [0.29, 0.717) is 12.6 Å². The van der Waals surface area contributed by atoms with E-state index in [1.165, 1.54) is 5.69 Å². The van der Waals surface area contributed by atoms with Gasteiger partial charge in [0, 0.05) is 25.3 Å². The molecule has 0 amide bonds. The third kappa shape index (κ3) is 3.80. The summed E-state index contributed by atoms with van der Waals surface area (Å²) in [5.41, 5.74) is 7.95. The maximum absolute atomic E-state index is 5.69. The van der Waals surface area contributed by atoms with Gasteiger partial charge in [-0.15, -0.1) is 12.4 Å². The van der Waals surface area contributed by atoms with Crippen LogP contribution in [0.15, 0.2) is 42.6 Å². The molecule has 104 valence electrons. The molecule has 1 aromatic carbocycles. The van der Waals surface area contributed by atoms with Crippen LogP contribution in [0.4, 0.5) is 0 Å². The predicted molar refractivity (Wildman–Crippen MR) is 80.8 cm³/mol. The van der Waals surface area contributed by atoms with Crippen molar-refractivity contribution >= 4 is 12.4 Å². The molecule has 4 nitrogen and oxygen atoms in total. The predicted octanol–water partition coefficient (Wildman–Crippen LogP) is 2.07. The summed E-state index contributed by atoms with van der Waals surface area (Å²) in [6.07, 6.45) is 1.84. The third-order valence-electron chi connectivity index (χ3n) is 3.23. The fourth-order valence-electron chi connectivity index (χ4n) is 1.84. The highest BCUT2D eigenvalue weighted by atomic mass is 35.5. The van der Waals surface area contributed by atoms with E-state index in [1.807, 2.05) is 35.1 Å². The van der Waals surface area contributed by atoms with E-state index in [1.54, 1.807) is 0 Å². The normalized spacial score (nSPS) is 12.2. The van der Waals surface area contributed by atoms with Gasteiger partial charge in [0.2, 0.25) is 0 Å². The quantitative estimate of drug-likeness (QED) is 0.912. The molecule has 0 spiro atoms. The second-order valence-corrected chi connectivity index (χ2v) is 4.57. The second-order valence-electron chi connectivity index (χ2n) is 4.57. The molecule has 0 saturated carbocycles. The first-order valence-corrected chi connectivity index (χ1v) is 6.21. The number of halogens is 1. The molecule has 2 N–H and O–H groups in total. The fraction of sp³-hybridized carbons (Fsp3) is 0.357. The van der Waals surface area contributed by atoms with Crippen LogP contribution in [0.3, 0.4) is 0 Å². The van der Waals surface area contributed by atoms with Gasteiger partial charge in [-0.1, -0.05) is 18.2 Å². The van der Waals surface area contributed by atoms with Gasteiger partial charge >= 0.3 is 0 Å². The van der Waals surface area contributed by atoms with Crippen molar-refractivity contribution in [1.82, 2.24) is 14.7 Å². The Hall–Kier alpha value is -1.36. The Balaban J connectivity index is 0.00000180.